The minimum Gasteiger partial charge on any atom is -0.492 e. The number of aromatic nitrogens is 1. The van der Waals surface area contributed by atoms with Crippen molar-refractivity contribution in [2.24, 2.45) is 0 Å². The van der Waals surface area contributed by atoms with Crippen LogP contribution in [0.1, 0.15) is 49.0 Å². The average molecular weight is 412 g/mol. The second-order valence-corrected chi connectivity index (χ2v) is 8.24. The van der Waals surface area contributed by atoms with Crippen LogP contribution in [-0.4, -0.2) is 22.0 Å². The highest BCUT2D eigenvalue weighted by molar-refractivity contribution is 7.16. The van der Waals surface area contributed by atoms with E-state index in [-0.39, 0.29) is 35.3 Å². The van der Waals surface area contributed by atoms with Crippen molar-refractivity contribution in [3.05, 3.63) is 39.5 Å². The Hall–Kier alpha value is -1.86. The molecule has 1 heterocycles. The molecule has 1 aliphatic carbocycles. The average Bonchev–Trinajstić information content (AvgIpc) is 2.82. The molecule has 1 aromatic carbocycles. The summed E-state index contributed by atoms with van der Waals surface area (Å²) in [6.07, 6.45) is 7.10. The monoisotopic (exact) mass is 411 g/mol. The highest BCUT2D eigenvalue weighted by Gasteiger charge is 2.18. The Morgan fingerprint density at radius 2 is 2.04 bits per heavy atom. The van der Waals surface area contributed by atoms with Crippen molar-refractivity contribution in [3.63, 3.8) is 0 Å². The molecule has 1 aliphatic rings. The third-order valence-electron chi connectivity index (χ3n) is 4.70. The predicted molar refractivity (Wildman–Crippen MR) is 106 cm³/mol. The summed E-state index contributed by atoms with van der Waals surface area (Å²) in [5.74, 6) is -0.914. The summed E-state index contributed by atoms with van der Waals surface area (Å²) in [4.78, 5) is 16.8. The third-order valence-corrected chi connectivity index (χ3v) is 6.03. The molecule has 3 N–H and O–H groups in total. The molecule has 1 saturated carbocycles. The summed E-state index contributed by atoms with van der Waals surface area (Å²) in [7, 11) is 0. The van der Waals surface area contributed by atoms with Gasteiger partial charge in [0.25, 0.3) is 0 Å². The molecule has 3 rings (SSSR count). The van der Waals surface area contributed by atoms with Gasteiger partial charge < -0.3 is 15.7 Å². The largest absolute Gasteiger partial charge is 0.492 e. The van der Waals surface area contributed by atoms with E-state index >= 15 is 0 Å². The van der Waals surface area contributed by atoms with Gasteiger partial charge in [0.15, 0.2) is 5.13 Å². The van der Waals surface area contributed by atoms with Gasteiger partial charge in [-0.05, 0) is 25.0 Å². The highest BCUT2D eigenvalue weighted by atomic mass is 35.5. The Balaban J connectivity index is 1.55. The zero-order valence-electron chi connectivity index (χ0n) is 14.9. The lowest BCUT2D eigenvalue weighted by molar-refractivity contribution is -0.120. The maximum atomic E-state index is 13.8. The molecule has 27 heavy (non-hydrogen) atoms. The minimum absolute atomic E-state index is 0.00289. The van der Waals surface area contributed by atoms with Crippen LogP contribution in [0.3, 0.4) is 0 Å². The summed E-state index contributed by atoms with van der Waals surface area (Å²) in [5.41, 5.74) is 0.247. The fourth-order valence-electron chi connectivity index (χ4n) is 3.22. The summed E-state index contributed by atoms with van der Waals surface area (Å²) in [6, 6.07) is 4.75. The van der Waals surface area contributed by atoms with Gasteiger partial charge in [-0.1, -0.05) is 54.7 Å². The Morgan fingerprint density at radius 1 is 1.30 bits per heavy atom. The van der Waals surface area contributed by atoms with E-state index in [1.807, 2.05) is 0 Å². The summed E-state index contributed by atoms with van der Waals surface area (Å²) < 4.78 is 13.8. The van der Waals surface area contributed by atoms with Gasteiger partial charge in [0.1, 0.15) is 5.82 Å². The van der Waals surface area contributed by atoms with E-state index in [0.717, 1.165) is 12.8 Å². The van der Waals surface area contributed by atoms with Gasteiger partial charge in [-0.2, -0.15) is 4.98 Å². The SMILES string of the molecule is O=C(Cc1sc(NC2CCCCCC2)nc1O)NCc1c(F)cccc1Cl. The lowest BCUT2D eigenvalue weighted by Gasteiger charge is -2.14. The third kappa shape index (κ3) is 5.56. The molecule has 0 saturated heterocycles. The molecule has 0 radical (unpaired) electrons. The zero-order chi connectivity index (χ0) is 19.2. The van der Waals surface area contributed by atoms with Crippen LogP contribution in [0.4, 0.5) is 9.52 Å². The van der Waals surface area contributed by atoms with Crippen molar-refractivity contribution < 1.29 is 14.3 Å². The highest BCUT2D eigenvalue weighted by Crippen LogP contribution is 2.30. The van der Waals surface area contributed by atoms with Crippen LogP contribution < -0.4 is 10.6 Å². The maximum absolute atomic E-state index is 13.8. The normalized spacial score (nSPS) is 15.3. The van der Waals surface area contributed by atoms with E-state index in [2.05, 4.69) is 15.6 Å². The van der Waals surface area contributed by atoms with Crippen LogP contribution in [0.15, 0.2) is 18.2 Å². The van der Waals surface area contributed by atoms with Gasteiger partial charge in [0, 0.05) is 23.2 Å². The van der Waals surface area contributed by atoms with Crippen molar-refractivity contribution in [2.75, 3.05) is 5.32 Å². The molecule has 2 aromatic rings. The Morgan fingerprint density at radius 3 is 2.74 bits per heavy atom. The molecule has 146 valence electrons. The molecule has 0 atom stereocenters. The maximum Gasteiger partial charge on any atom is 0.227 e. The molecule has 0 aliphatic heterocycles. The number of halogens is 2. The topological polar surface area (TPSA) is 74.2 Å². The standard InChI is InChI=1S/C19H23ClFN3O2S/c20-14-8-5-9-15(21)13(14)11-22-17(25)10-16-18(26)24-19(27-16)23-12-6-3-1-2-4-7-12/h5,8-9,12,26H,1-4,6-7,10-11H2,(H,22,25)(H,23,24). The van der Waals surface area contributed by atoms with Gasteiger partial charge in [0.2, 0.25) is 11.8 Å². The lowest BCUT2D eigenvalue weighted by atomic mass is 10.1. The molecule has 5 nitrogen and oxygen atoms in total. The lowest BCUT2D eigenvalue weighted by Crippen LogP contribution is -2.25. The Kier molecular flexibility index (Phi) is 6.90. The molecule has 1 fully saturated rings. The summed E-state index contributed by atoms with van der Waals surface area (Å²) >= 11 is 7.24. The van der Waals surface area contributed by atoms with E-state index in [4.69, 9.17) is 11.6 Å². The zero-order valence-corrected chi connectivity index (χ0v) is 16.5. The summed E-state index contributed by atoms with van der Waals surface area (Å²) in [5, 5.41) is 17.0. The van der Waals surface area contributed by atoms with Crippen LogP contribution in [-0.2, 0) is 17.8 Å². The summed E-state index contributed by atoms with van der Waals surface area (Å²) in [6.45, 7) is -0.00289. The Labute approximate surface area is 167 Å². The van der Waals surface area contributed by atoms with Crippen LogP contribution >= 0.6 is 22.9 Å². The van der Waals surface area contributed by atoms with Gasteiger partial charge in [-0.25, -0.2) is 4.39 Å². The molecule has 8 heteroatoms. The number of carbonyl (C=O) groups is 1. The number of carbonyl (C=O) groups excluding carboxylic acids is 1. The van der Waals surface area contributed by atoms with Crippen molar-refractivity contribution in [1.82, 2.24) is 10.3 Å². The van der Waals surface area contributed by atoms with E-state index in [1.165, 1.54) is 49.2 Å². The van der Waals surface area contributed by atoms with Crippen molar-refractivity contribution in [1.29, 1.82) is 0 Å². The number of anilines is 1. The van der Waals surface area contributed by atoms with Gasteiger partial charge in [0.05, 0.1) is 11.3 Å². The first kappa shape index (κ1) is 19.9. The number of nitrogens with one attached hydrogen (secondary N) is 2. The predicted octanol–water partition coefficient (Wildman–Crippen LogP) is 4.63. The second-order valence-electron chi connectivity index (χ2n) is 6.75. The first-order valence-corrected chi connectivity index (χ1v) is 10.4. The number of amides is 1. The molecular formula is C19H23ClFN3O2S. The number of hydrogen-bond donors (Lipinski definition) is 3. The molecule has 1 aromatic heterocycles. The molecule has 0 unspecified atom stereocenters. The number of hydrogen-bond acceptors (Lipinski definition) is 5. The first-order valence-electron chi connectivity index (χ1n) is 9.17. The van der Waals surface area contributed by atoms with Crippen molar-refractivity contribution in [2.45, 2.75) is 57.5 Å². The fourth-order valence-corrected chi connectivity index (χ4v) is 4.38. The number of thiazole rings is 1. The fraction of sp³-hybridized carbons (Fsp3) is 0.474. The van der Waals surface area contributed by atoms with E-state index < -0.39 is 5.82 Å². The van der Waals surface area contributed by atoms with E-state index in [1.54, 1.807) is 6.07 Å². The quantitative estimate of drug-likeness (QED) is 0.605. The number of benzene rings is 1. The van der Waals surface area contributed by atoms with Crippen molar-refractivity contribution in [3.8, 4) is 5.88 Å². The van der Waals surface area contributed by atoms with E-state index in [9.17, 15) is 14.3 Å². The van der Waals surface area contributed by atoms with Crippen LogP contribution in [0, 0.1) is 5.82 Å². The smallest absolute Gasteiger partial charge is 0.227 e. The number of nitrogens with zero attached hydrogens (tertiary/aromatic N) is 1. The molecule has 0 spiro atoms. The first-order chi connectivity index (χ1) is 13.0. The number of rotatable bonds is 6. The van der Waals surface area contributed by atoms with Crippen LogP contribution in [0.5, 0.6) is 5.88 Å². The van der Waals surface area contributed by atoms with E-state index in [0.29, 0.717) is 16.1 Å². The molecular weight excluding hydrogens is 389 g/mol. The molecule has 0 bridgehead atoms. The number of aromatic hydroxyl groups is 1. The van der Waals surface area contributed by atoms with Crippen LogP contribution in [0.25, 0.3) is 0 Å². The minimum atomic E-state index is -0.460. The molecule has 1 amide bonds. The van der Waals surface area contributed by atoms with Gasteiger partial charge in [-0.3, -0.25) is 4.79 Å². The second kappa shape index (κ2) is 9.37. The van der Waals surface area contributed by atoms with Crippen molar-refractivity contribution >= 4 is 34.0 Å². The van der Waals surface area contributed by atoms with Gasteiger partial charge in [-0.15, -0.1) is 0 Å². The Bertz CT molecular complexity index is 771. The van der Waals surface area contributed by atoms with Crippen LogP contribution in [0.2, 0.25) is 5.02 Å². The van der Waals surface area contributed by atoms with Gasteiger partial charge >= 0.3 is 0 Å².